The average Bonchev–Trinajstić information content (AvgIpc) is 2.32. The van der Waals surface area contributed by atoms with Gasteiger partial charge in [0.1, 0.15) is 0 Å². The molecule has 60 valence electrons. The van der Waals surface area contributed by atoms with Gasteiger partial charge in [0.25, 0.3) is 0 Å². The molecule has 4 heteroatoms. The van der Waals surface area contributed by atoms with Crippen molar-refractivity contribution in [3.8, 4) is 0 Å². The van der Waals surface area contributed by atoms with Crippen LogP contribution in [-0.2, 0) is 0 Å². The Hall–Kier alpha value is 0.519. The molecule has 0 spiro atoms. The van der Waals surface area contributed by atoms with E-state index in [0.29, 0.717) is 0 Å². The second kappa shape index (κ2) is 3.49. The van der Waals surface area contributed by atoms with Gasteiger partial charge in [0.05, 0.1) is 0 Å². The third-order valence-corrected chi connectivity index (χ3v) is 8.27. The summed E-state index contributed by atoms with van der Waals surface area (Å²) in [4.78, 5) is 11.5. The summed E-state index contributed by atoms with van der Waals surface area (Å²) in [5.41, 5.74) is 0. The molecule has 1 aromatic rings. The Labute approximate surface area is 80.7 Å². The van der Waals surface area contributed by atoms with Gasteiger partial charge in [-0.15, -0.1) is 0 Å². The zero-order chi connectivity index (χ0) is 8.48. The molecule has 0 saturated carbocycles. The summed E-state index contributed by atoms with van der Waals surface area (Å²) in [5.74, 6) is 0. The summed E-state index contributed by atoms with van der Waals surface area (Å²) in [7, 11) is 0. The van der Waals surface area contributed by atoms with E-state index in [9.17, 15) is 0 Å². The van der Waals surface area contributed by atoms with Crippen molar-refractivity contribution in [3.63, 3.8) is 0 Å². The molecule has 0 aromatic carbocycles. The summed E-state index contributed by atoms with van der Waals surface area (Å²) in [6.45, 7) is 0. The summed E-state index contributed by atoms with van der Waals surface area (Å²) >= 11 is 4.58. The molecule has 1 heterocycles. The predicted molar refractivity (Wildman–Crippen MR) is 57.9 cm³/mol. The van der Waals surface area contributed by atoms with Crippen molar-refractivity contribution in [2.45, 2.75) is 14.8 Å². The first-order valence-corrected chi connectivity index (χ1v) is 14.8. The predicted octanol–water partition coefficient (Wildman–Crippen LogP) is 2.04. The zero-order valence-electron chi connectivity index (χ0n) is 6.92. The molecule has 1 rings (SSSR count). The number of thiocarbonyl (C=S) groups is 1. The standard InChI is InChI=1S/C4H2NS2.3CH3.Sn/c6-3-4-5-1-2-7-4;;;;/h2-3H;3*1H3;. The van der Waals surface area contributed by atoms with Crippen molar-refractivity contribution < 1.29 is 0 Å². The molecule has 0 amide bonds. The Kier molecular flexibility index (Phi) is 3.05. The van der Waals surface area contributed by atoms with Crippen LogP contribution in [-0.4, -0.2) is 28.7 Å². The number of nitrogens with zero attached hydrogens (tertiary/aromatic N) is 1. The third-order valence-electron chi connectivity index (χ3n) is 1.39. The Balaban J connectivity index is 2.98. The van der Waals surface area contributed by atoms with Gasteiger partial charge < -0.3 is 0 Å². The molecule has 1 aromatic heterocycles. The van der Waals surface area contributed by atoms with Crippen LogP contribution in [0.1, 0.15) is 5.01 Å². The maximum atomic E-state index is 4.80. The number of hydrogen-bond acceptors (Lipinski definition) is 3. The van der Waals surface area contributed by atoms with Crippen LogP contribution in [0.15, 0.2) is 5.38 Å². The fourth-order valence-corrected chi connectivity index (χ4v) is 6.81. The molecule has 0 N–H and O–H groups in total. The summed E-state index contributed by atoms with van der Waals surface area (Å²) in [6.07, 6.45) is 0. The van der Waals surface area contributed by atoms with Gasteiger partial charge >= 0.3 is 81.2 Å². The van der Waals surface area contributed by atoms with Crippen LogP contribution < -0.4 is 3.71 Å². The summed E-state index contributed by atoms with van der Waals surface area (Å²) in [6, 6.07) is 0. The molecule has 0 bridgehead atoms. The molecule has 0 fully saturated rings. The normalized spacial score (nSPS) is 11.5. The van der Waals surface area contributed by atoms with E-state index >= 15 is 0 Å². The Bertz CT molecular complexity index is 262. The number of rotatable bonds is 2. The van der Waals surface area contributed by atoms with Gasteiger partial charge in [-0.3, -0.25) is 0 Å². The van der Waals surface area contributed by atoms with Crippen LogP contribution in [0.2, 0.25) is 14.8 Å². The minimum absolute atomic E-state index is 0.988. The van der Waals surface area contributed by atoms with E-state index < -0.39 is 18.4 Å². The average molecular weight is 292 g/mol. The van der Waals surface area contributed by atoms with Gasteiger partial charge in [0.15, 0.2) is 0 Å². The molecule has 0 atom stereocenters. The van der Waals surface area contributed by atoms with Crippen molar-refractivity contribution in [2.75, 3.05) is 0 Å². The van der Waals surface area contributed by atoms with Gasteiger partial charge in [0.2, 0.25) is 0 Å². The Morgan fingerprint density at radius 3 is 2.45 bits per heavy atom. The SMILES string of the molecule is [CH3][Sn]([CH3])([CH3])[c]1csc(C=S)n1. The van der Waals surface area contributed by atoms with Gasteiger partial charge in [-0.1, -0.05) is 0 Å². The number of hydrogen-bond donors (Lipinski definition) is 0. The topological polar surface area (TPSA) is 12.9 Å². The van der Waals surface area contributed by atoms with Crippen molar-refractivity contribution in [1.82, 2.24) is 4.98 Å². The Morgan fingerprint density at radius 1 is 1.55 bits per heavy atom. The van der Waals surface area contributed by atoms with Crippen LogP contribution in [0, 0.1) is 0 Å². The molecule has 0 unspecified atom stereocenters. The first-order chi connectivity index (χ1) is 5.04. The fourth-order valence-electron chi connectivity index (χ4n) is 0.686. The van der Waals surface area contributed by atoms with E-state index in [-0.39, 0.29) is 0 Å². The second-order valence-electron chi connectivity index (χ2n) is 3.44. The minimum atomic E-state index is -1.88. The van der Waals surface area contributed by atoms with Crippen molar-refractivity contribution in [3.05, 3.63) is 10.4 Å². The van der Waals surface area contributed by atoms with Crippen LogP contribution in [0.4, 0.5) is 0 Å². The summed E-state index contributed by atoms with van der Waals surface area (Å²) < 4.78 is 1.33. The molecule has 1 nitrogen and oxygen atoms in total. The van der Waals surface area contributed by atoms with E-state index in [4.69, 9.17) is 12.2 Å². The first-order valence-electron chi connectivity index (χ1n) is 3.45. The second-order valence-corrected chi connectivity index (χ2v) is 18.9. The van der Waals surface area contributed by atoms with Gasteiger partial charge in [-0.25, -0.2) is 0 Å². The Morgan fingerprint density at radius 2 is 2.18 bits per heavy atom. The van der Waals surface area contributed by atoms with Crippen molar-refractivity contribution in [2.24, 2.45) is 0 Å². The zero-order valence-corrected chi connectivity index (χ0v) is 11.4. The molecule has 0 saturated heterocycles. The maximum absolute atomic E-state index is 4.80. The number of aromatic nitrogens is 1. The van der Waals surface area contributed by atoms with Gasteiger partial charge in [-0.2, -0.15) is 0 Å². The molecular weight excluding hydrogens is 281 g/mol. The van der Waals surface area contributed by atoms with Gasteiger partial charge in [-0.05, 0) is 0 Å². The molecule has 0 aliphatic rings. The monoisotopic (exact) mass is 293 g/mol. The third kappa shape index (κ3) is 2.49. The van der Waals surface area contributed by atoms with E-state index in [0.717, 1.165) is 5.01 Å². The quantitative estimate of drug-likeness (QED) is 0.611. The van der Waals surface area contributed by atoms with Crippen LogP contribution in [0.25, 0.3) is 0 Å². The van der Waals surface area contributed by atoms with Crippen LogP contribution in [0.3, 0.4) is 0 Å². The molecule has 0 radical (unpaired) electrons. The number of thiazole rings is 1. The first kappa shape index (κ1) is 9.61. The van der Waals surface area contributed by atoms with E-state index in [1.54, 1.807) is 16.7 Å². The van der Waals surface area contributed by atoms with E-state index in [1.165, 1.54) is 3.71 Å². The van der Waals surface area contributed by atoms with Crippen LogP contribution in [0.5, 0.6) is 0 Å². The molecular formula is C7H11NS2Sn. The van der Waals surface area contributed by atoms with Crippen molar-refractivity contribution >= 4 is 51.0 Å². The summed E-state index contributed by atoms with van der Waals surface area (Å²) in [5, 5.41) is 4.81. The van der Waals surface area contributed by atoms with Gasteiger partial charge in [0, 0.05) is 0 Å². The van der Waals surface area contributed by atoms with Crippen molar-refractivity contribution in [1.29, 1.82) is 0 Å². The van der Waals surface area contributed by atoms with E-state index in [2.05, 4.69) is 25.2 Å². The molecule has 0 aliphatic heterocycles. The molecule has 0 aliphatic carbocycles. The fraction of sp³-hybridized carbons (Fsp3) is 0.429. The van der Waals surface area contributed by atoms with Crippen LogP contribution >= 0.6 is 23.6 Å². The molecule has 11 heavy (non-hydrogen) atoms. The van der Waals surface area contributed by atoms with E-state index in [1.807, 2.05) is 0 Å².